The highest BCUT2D eigenvalue weighted by Gasteiger charge is 2.24. The van der Waals surface area contributed by atoms with E-state index in [2.05, 4.69) is 15.2 Å². The number of carbonyl (C=O) groups excluding carboxylic acids is 1. The minimum absolute atomic E-state index is 0. The molecule has 1 aromatic rings. The van der Waals surface area contributed by atoms with Crippen molar-refractivity contribution >= 4 is 57.2 Å². The Labute approximate surface area is 201 Å². The molecule has 2 heterocycles. The summed E-state index contributed by atoms with van der Waals surface area (Å²) in [4.78, 5) is 18.8. The molecule has 1 aliphatic rings. The maximum absolute atomic E-state index is 12.6. The van der Waals surface area contributed by atoms with Gasteiger partial charge in [-0.2, -0.15) is 4.31 Å². The van der Waals surface area contributed by atoms with E-state index in [1.807, 2.05) is 19.9 Å². The van der Waals surface area contributed by atoms with Gasteiger partial charge >= 0.3 is 0 Å². The summed E-state index contributed by atoms with van der Waals surface area (Å²) < 4.78 is 27.1. The molecule has 0 spiro atoms. The molecule has 1 saturated heterocycles. The first-order valence-electron chi connectivity index (χ1n) is 10.1. The zero-order chi connectivity index (χ0) is 21.4. The van der Waals surface area contributed by atoms with Gasteiger partial charge in [-0.15, -0.1) is 35.3 Å². The van der Waals surface area contributed by atoms with Crippen molar-refractivity contribution in [3.8, 4) is 0 Å². The number of primary amides is 1. The number of likely N-dealkylation sites (tertiary alicyclic amines) is 1. The van der Waals surface area contributed by atoms with Crippen LogP contribution in [-0.2, 0) is 21.2 Å². The lowest BCUT2D eigenvalue weighted by atomic mass is 9.95. The molecular formula is C19H34IN5O3S2. The van der Waals surface area contributed by atoms with Crippen molar-refractivity contribution < 1.29 is 13.2 Å². The summed E-state index contributed by atoms with van der Waals surface area (Å²) in [5.74, 6) is 0.824. The van der Waals surface area contributed by atoms with Crippen molar-refractivity contribution in [2.75, 3.05) is 39.8 Å². The Morgan fingerprint density at radius 2 is 2.07 bits per heavy atom. The molecule has 1 atom stereocenters. The third-order valence-electron chi connectivity index (χ3n) is 5.11. The monoisotopic (exact) mass is 571 g/mol. The second-order valence-electron chi connectivity index (χ2n) is 7.16. The predicted octanol–water partition coefficient (Wildman–Crippen LogP) is 2.10. The smallest absolute Gasteiger partial charge is 0.252 e. The number of guanidine groups is 1. The second-order valence-corrected chi connectivity index (χ2v) is 10.5. The summed E-state index contributed by atoms with van der Waals surface area (Å²) in [5.41, 5.74) is 5.34. The molecule has 2 rings (SSSR count). The largest absolute Gasteiger partial charge is 0.370 e. The summed E-state index contributed by atoms with van der Waals surface area (Å²) >= 11 is 1.33. The van der Waals surface area contributed by atoms with Crippen LogP contribution in [0.1, 0.15) is 38.0 Å². The van der Waals surface area contributed by atoms with Crippen LogP contribution >= 0.6 is 35.3 Å². The number of piperidine rings is 1. The number of sulfonamides is 1. The Kier molecular flexibility index (Phi) is 11.6. The van der Waals surface area contributed by atoms with Gasteiger partial charge in [-0.05, 0) is 37.3 Å². The van der Waals surface area contributed by atoms with Crippen LogP contribution in [0.25, 0.3) is 0 Å². The topological polar surface area (TPSA) is 108 Å². The van der Waals surface area contributed by atoms with Gasteiger partial charge in [-0.3, -0.25) is 9.79 Å². The van der Waals surface area contributed by atoms with Crippen LogP contribution in [0.15, 0.2) is 21.3 Å². The number of nitrogens with zero attached hydrogens (tertiary/aromatic N) is 3. The molecule has 0 aliphatic carbocycles. The number of thiophene rings is 1. The number of carbonyl (C=O) groups is 1. The Hall–Kier alpha value is -0.920. The summed E-state index contributed by atoms with van der Waals surface area (Å²) in [6.45, 7) is 6.97. The average Bonchev–Trinajstić information content (AvgIpc) is 3.15. The summed E-state index contributed by atoms with van der Waals surface area (Å²) in [5, 5.41) is 3.36. The van der Waals surface area contributed by atoms with Crippen LogP contribution < -0.4 is 11.1 Å². The lowest BCUT2D eigenvalue weighted by Gasteiger charge is -2.34. The van der Waals surface area contributed by atoms with Gasteiger partial charge in [0.2, 0.25) is 5.91 Å². The average molecular weight is 572 g/mol. The van der Waals surface area contributed by atoms with Crippen molar-refractivity contribution in [3.05, 3.63) is 17.0 Å². The van der Waals surface area contributed by atoms with Crippen LogP contribution in [-0.4, -0.2) is 69.3 Å². The standard InChI is InChI=1S/C19H33N5O3S2.HI/c1-4-24(5-2)29(26,27)18-9-8-16(28-18)10-11-22-19(21-3)23-12-6-7-15(14-23)13-17(20)25;/h8-9,15H,4-7,10-14H2,1-3H3,(H2,20,25)(H,21,22);1H. The minimum atomic E-state index is -3.40. The second kappa shape index (κ2) is 12.8. The number of halogens is 1. The van der Waals surface area contributed by atoms with E-state index in [1.54, 1.807) is 13.1 Å². The summed E-state index contributed by atoms with van der Waals surface area (Å²) in [6, 6.07) is 3.58. The number of hydrogen-bond acceptors (Lipinski definition) is 5. The number of rotatable bonds is 9. The van der Waals surface area contributed by atoms with Gasteiger partial charge in [0, 0.05) is 51.1 Å². The van der Waals surface area contributed by atoms with Gasteiger partial charge in [0.05, 0.1) is 0 Å². The lowest BCUT2D eigenvalue weighted by molar-refractivity contribution is -0.119. The molecule has 1 unspecified atom stereocenters. The molecule has 0 radical (unpaired) electrons. The first kappa shape index (κ1) is 27.1. The van der Waals surface area contributed by atoms with Crippen LogP contribution in [0.2, 0.25) is 0 Å². The highest BCUT2D eigenvalue weighted by atomic mass is 127. The number of aliphatic imine (C=N–C) groups is 1. The highest BCUT2D eigenvalue weighted by Crippen LogP contribution is 2.25. The van der Waals surface area contributed by atoms with Gasteiger partial charge in [-0.25, -0.2) is 8.42 Å². The third kappa shape index (κ3) is 7.34. The molecule has 1 aromatic heterocycles. The van der Waals surface area contributed by atoms with Crippen molar-refractivity contribution in [1.29, 1.82) is 0 Å². The van der Waals surface area contributed by atoms with Gasteiger partial charge in [0.15, 0.2) is 5.96 Å². The first-order valence-corrected chi connectivity index (χ1v) is 12.4. The minimum Gasteiger partial charge on any atom is -0.370 e. The number of nitrogens with two attached hydrogens (primary N) is 1. The van der Waals surface area contributed by atoms with E-state index in [9.17, 15) is 13.2 Å². The summed E-state index contributed by atoms with van der Waals surface area (Å²) in [6.07, 6.45) is 3.15. The SMILES string of the molecule is CCN(CC)S(=O)(=O)c1ccc(CCNC(=NC)N2CCCC(CC(N)=O)C2)s1.I. The summed E-state index contributed by atoms with van der Waals surface area (Å²) in [7, 11) is -1.65. The van der Waals surface area contributed by atoms with Crippen molar-refractivity contribution in [2.24, 2.45) is 16.6 Å². The molecule has 1 aliphatic heterocycles. The van der Waals surface area contributed by atoms with E-state index < -0.39 is 10.0 Å². The van der Waals surface area contributed by atoms with E-state index in [0.29, 0.717) is 30.3 Å². The van der Waals surface area contributed by atoms with Crippen molar-refractivity contribution in [1.82, 2.24) is 14.5 Å². The van der Waals surface area contributed by atoms with E-state index >= 15 is 0 Å². The Morgan fingerprint density at radius 3 is 2.67 bits per heavy atom. The molecule has 1 fully saturated rings. The van der Waals surface area contributed by atoms with Crippen molar-refractivity contribution in [2.45, 2.75) is 43.7 Å². The molecule has 8 nitrogen and oxygen atoms in total. The molecule has 0 saturated carbocycles. The Bertz CT molecular complexity index is 809. The molecule has 0 bridgehead atoms. The number of amides is 1. The van der Waals surface area contributed by atoms with Crippen LogP contribution in [0, 0.1) is 5.92 Å². The lowest BCUT2D eigenvalue weighted by Crippen LogP contribution is -2.47. The molecule has 11 heteroatoms. The van der Waals surface area contributed by atoms with Gasteiger partial charge in [0.1, 0.15) is 4.21 Å². The van der Waals surface area contributed by atoms with Crippen LogP contribution in [0.3, 0.4) is 0 Å². The number of nitrogens with one attached hydrogen (secondary N) is 1. The number of hydrogen-bond donors (Lipinski definition) is 2. The Morgan fingerprint density at radius 1 is 1.37 bits per heavy atom. The van der Waals surface area contributed by atoms with E-state index in [1.165, 1.54) is 15.6 Å². The first-order chi connectivity index (χ1) is 13.8. The van der Waals surface area contributed by atoms with Gasteiger partial charge in [-0.1, -0.05) is 13.8 Å². The fourth-order valence-electron chi connectivity index (χ4n) is 3.66. The van der Waals surface area contributed by atoms with Crippen molar-refractivity contribution in [3.63, 3.8) is 0 Å². The maximum atomic E-state index is 12.6. The normalized spacial score (nSPS) is 17.7. The molecular weight excluding hydrogens is 537 g/mol. The third-order valence-corrected chi connectivity index (χ3v) is 8.77. The van der Waals surface area contributed by atoms with E-state index in [-0.39, 0.29) is 35.8 Å². The molecule has 30 heavy (non-hydrogen) atoms. The zero-order valence-corrected chi connectivity index (χ0v) is 21.9. The zero-order valence-electron chi connectivity index (χ0n) is 18.0. The van der Waals surface area contributed by atoms with E-state index in [0.717, 1.165) is 43.2 Å². The molecule has 0 aromatic carbocycles. The Balaban J connectivity index is 0.00000450. The molecule has 1 amide bonds. The maximum Gasteiger partial charge on any atom is 0.252 e. The quantitative estimate of drug-likeness (QED) is 0.268. The van der Waals surface area contributed by atoms with E-state index in [4.69, 9.17) is 5.73 Å². The molecule has 3 N–H and O–H groups in total. The fourth-order valence-corrected chi connectivity index (χ4v) is 6.63. The van der Waals surface area contributed by atoms with Gasteiger partial charge < -0.3 is 16.0 Å². The highest BCUT2D eigenvalue weighted by molar-refractivity contribution is 14.0. The molecule has 172 valence electrons. The predicted molar refractivity (Wildman–Crippen MR) is 133 cm³/mol. The van der Waals surface area contributed by atoms with Crippen LogP contribution in [0.5, 0.6) is 0 Å². The van der Waals surface area contributed by atoms with Crippen LogP contribution in [0.4, 0.5) is 0 Å². The fraction of sp³-hybridized carbons (Fsp3) is 0.684. The van der Waals surface area contributed by atoms with Gasteiger partial charge in [0.25, 0.3) is 10.0 Å².